The normalized spacial score (nSPS) is 18.0. The summed E-state index contributed by atoms with van der Waals surface area (Å²) in [5, 5.41) is 3.02. The molecule has 1 fully saturated rings. The molecule has 0 saturated carbocycles. The van der Waals surface area contributed by atoms with E-state index in [2.05, 4.69) is 34.5 Å². The molecule has 1 saturated heterocycles. The van der Waals surface area contributed by atoms with Crippen LogP contribution in [0.3, 0.4) is 0 Å². The van der Waals surface area contributed by atoms with Crippen molar-refractivity contribution in [2.24, 2.45) is 0 Å². The number of ether oxygens (including phenoxy) is 2. The molecular weight excluding hydrogens is 342 g/mol. The van der Waals surface area contributed by atoms with E-state index in [9.17, 15) is 4.79 Å². The van der Waals surface area contributed by atoms with Crippen LogP contribution in [0.1, 0.15) is 6.92 Å². The van der Waals surface area contributed by atoms with Crippen LogP contribution in [-0.4, -0.2) is 51.3 Å². The van der Waals surface area contributed by atoms with Gasteiger partial charge in [0.25, 0.3) is 5.91 Å². The number of anilines is 2. The van der Waals surface area contributed by atoms with E-state index in [1.54, 1.807) is 0 Å². The number of hydrogen-bond acceptors (Lipinski definition) is 4. The number of carbonyl (C=O) groups is 1. The fourth-order valence-electron chi connectivity index (χ4n) is 3.68. The predicted octanol–water partition coefficient (Wildman–Crippen LogP) is 1.19. The van der Waals surface area contributed by atoms with Crippen molar-refractivity contribution in [1.82, 2.24) is 0 Å². The van der Waals surface area contributed by atoms with Gasteiger partial charge in [0.1, 0.15) is 13.2 Å². The summed E-state index contributed by atoms with van der Waals surface area (Å²) in [5.74, 6) is 1.46. The van der Waals surface area contributed by atoms with Gasteiger partial charge in [-0.05, 0) is 31.2 Å². The van der Waals surface area contributed by atoms with Crippen molar-refractivity contribution in [3.8, 4) is 11.5 Å². The Morgan fingerprint density at radius 2 is 1.74 bits per heavy atom. The van der Waals surface area contributed by atoms with Crippen LogP contribution in [0, 0.1) is 0 Å². The zero-order valence-electron chi connectivity index (χ0n) is 15.6. The van der Waals surface area contributed by atoms with E-state index >= 15 is 0 Å². The smallest absolute Gasteiger partial charge is 0.282 e. The molecule has 0 spiro atoms. The quantitative estimate of drug-likeness (QED) is 0.851. The second kappa shape index (κ2) is 7.88. The lowest BCUT2D eigenvalue weighted by atomic mass is 10.2. The molecule has 2 aliphatic rings. The third-order valence-electron chi connectivity index (χ3n) is 5.34. The van der Waals surface area contributed by atoms with Crippen molar-refractivity contribution in [2.45, 2.75) is 13.0 Å². The fraction of sp³-hybridized carbons (Fsp3) is 0.381. The summed E-state index contributed by atoms with van der Waals surface area (Å²) in [4.78, 5) is 16.4. The summed E-state index contributed by atoms with van der Waals surface area (Å²) >= 11 is 0. The van der Waals surface area contributed by atoms with Crippen LogP contribution in [0.5, 0.6) is 11.5 Å². The van der Waals surface area contributed by atoms with Gasteiger partial charge in [-0.25, -0.2) is 0 Å². The van der Waals surface area contributed by atoms with Crippen molar-refractivity contribution in [3.05, 3.63) is 48.5 Å². The zero-order valence-corrected chi connectivity index (χ0v) is 15.6. The maximum atomic E-state index is 12.7. The Hall–Kier alpha value is -2.73. The van der Waals surface area contributed by atoms with E-state index in [0.717, 1.165) is 37.6 Å². The van der Waals surface area contributed by atoms with E-state index < -0.39 is 0 Å². The molecule has 0 aliphatic carbocycles. The molecule has 6 heteroatoms. The van der Waals surface area contributed by atoms with E-state index in [4.69, 9.17) is 9.47 Å². The summed E-state index contributed by atoms with van der Waals surface area (Å²) in [6.07, 6.45) is 0. The summed E-state index contributed by atoms with van der Waals surface area (Å²) in [7, 11) is 0. The molecule has 1 amide bonds. The van der Waals surface area contributed by atoms with Gasteiger partial charge < -0.3 is 24.6 Å². The standard InChI is InChI=1S/C21H25N3O3/c1-16(23-9-11-24(12-10-23)18-5-3-2-4-6-18)21(25)22-17-7-8-19-20(15-17)27-14-13-26-19/h2-8,15-16H,9-14H2,1H3,(H,22,25)/p+1/t16-/m0/s1. The molecule has 4 rings (SSSR count). The molecule has 0 aromatic heterocycles. The zero-order chi connectivity index (χ0) is 18.6. The molecule has 2 aliphatic heterocycles. The van der Waals surface area contributed by atoms with E-state index in [0.29, 0.717) is 19.0 Å². The lowest BCUT2D eigenvalue weighted by molar-refractivity contribution is -0.914. The number of fused-ring (bicyclic) bond motifs is 1. The molecule has 0 radical (unpaired) electrons. The highest BCUT2D eigenvalue weighted by Gasteiger charge is 2.29. The third-order valence-corrected chi connectivity index (χ3v) is 5.34. The lowest BCUT2D eigenvalue weighted by Crippen LogP contribution is -3.19. The molecule has 27 heavy (non-hydrogen) atoms. The Balaban J connectivity index is 1.33. The number of quaternary nitrogens is 1. The summed E-state index contributed by atoms with van der Waals surface area (Å²) < 4.78 is 11.1. The Kier molecular flexibility index (Phi) is 5.16. The minimum absolute atomic E-state index is 0.0369. The van der Waals surface area contributed by atoms with Crippen LogP contribution in [0.15, 0.2) is 48.5 Å². The molecule has 0 unspecified atom stereocenters. The van der Waals surface area contributed by atoms with Crippen molar-refractivity contribution >= 4 is 17.3 Å². The highest BCUT2D eigenvalue weighted by atomic mass is 16.6. The van der Waals surface area contributed by atoms with Crippen LogP contribution in [0.2, 0.25) is 0 Å². The number of nitrogens with zero attached hydrogens (tertiary/aromatic N) is 1. The Bertz CT molecular complexity index is 789. The first-order valence-corrected chi connectivity index (χ1v) is 9.56. The number of rotatable bonds is 4. The molecule has 1 atom stereocenters. The minimum Gasteiger partial charge on any atom is -0.486 e. The Labute approximate surface area is 159 Å². The van der Waals surface area contributed by atoms with Gasteiger partial charge >= 0.3 is 0 Å². The van der Waals surface area contributed by atoms with Gasteiger partial charge in [0, 0.05) is 17.4 Å². The third kappa shape index (κ3) is 4.01. The second-order valence-electron chi connectivity index (χ2n) is 7.05. The topological polar surface area (TPSA) is 55.2 Å². The van der Waals surface area contributed by atoms with Gasteiger partial charge in [-0.3, -0.25) is 4.79 Å². The van der Waals surface area contributed by atoms with E-state index in [-0.39, 0.29) is 11.9 Å². The Morgan fingerprint density at radius 1 is 1.04 bits per heavy atom. The number of nitrogens with one attached hydrogen (secondary N) is 2. The van der Waals surface area contributed by atoms with Gasteiger partial charge in [0.15, 0.2) is 17.5 Å². The molecule has 2 heterocycles. The Morgan fingerprint density at radius 3 is 2.48 bits per heavy atom. The first-order valence-electron chi connectivity index (χ1n) is 9.56. The van der Waals surface area contributed by atoms with Gasteiger partial charge in [-0.2, -0.15) is 0 Å². The SMILES string of the molecule is C[C@@H](C(=O)Nc1ccc2c(c1)OCCO2)[NH+]1CCN(c2ccccc2)CC1. The van der Waals surface area contributed by atoms with Crippen LogP contribution in [-0.2, 0) is 4.79 Å². The van der Waals surface area contributed by atoms with E-state index in [1.165, 1.54) is 10.6 Å². The first kappa shape index (κ1) is 17.7. The van der Waals surface area contributed by atoms with E-state index in [1.807, 2.05) is 31.2 Å². The van der Waals surface area contributed by atoms with Gasteiger partial charge in [0.2, 0.25) is 0 Å². The van der Waals surface area contributed by atoms with Crippen molar-refractivity contribution < 1.29 is 19.2 Å². The maximum Gasteiger partial charge on any atom is 0.282 e. The van der Waals surface area contributed by atoms with Crippen LogP contribution in [0.4, 0.5) is 11.4 Å². The number of hydrogen-bond donors (Lipinski definition) is 2. The summed E-state index contributed by atoms with van der Waals surface area (Å²) in [6, 6.07) is 15.9. The molecule has 2 aromatic carbocycles. The molecule has 142 valence electrons. The molecule has 2 aromatic rings. The van der Waals surface area contributed by atoms with Crippen molar-refractivity contribution in [1.29, 1.82) is 0 Å². The average molecular weight is 368 g/mol. The van der Waals surface area contributed by atoms with Gasteiger partial charge in [0.05, 0.1) is 26.2 Å². The minimum atomic E-state index is -0.101. The number of benzene rings is 2. The lowest BCUT2D eigenvalue weighted by Gasteiger charge is -2.36. The summed E-state index contributed by atoms with van der Waals surface area (Å²) in [6.45, 7) is 6.92. The highest BCUT2D eigenvalue weighted by Crippen LogP contribution is 2.32. The largest absolute Gasteiger partial charge is 0.486 e. The first-order chi connectivity index (χ1) is 13.2. The molecule has 6 nitrogen and oxygen atoms in total. The predicted molar refractivity (Wildman–Crippen MR) is 105 cm³/mol. The average Bonchev–Trinajstić information content (AvgIpc) is 2.74. The molecule has 0 bridgehead atoms. The number of carbonyl (C=O) groups excluding carboxylic acids is 1. The van der Waals surface area contributed by atoms with Crippen LogP contribution in [0.25, 0.3) is 0 Å². The fourth-order valence-corrected chi connectivity index (χ4v) is 3.68. The number of para-hydroxylation sites is 1. The van der Waals surface area contributed by atoms with Gasteiger partial charge in [-0.15, -0.1) is 0 Å². The van der Waals surface area contributed by atoms with Crippen molar-refractivity contribution in [2.75, 3.05) is 49.6 Å². The molecular formula is C21H26N3O3+. The van der Waals surface area contributed by atoms with Gasteiger partial charge in [-0.1, -0.05) is 18.2 Å². The number of amides is 1. The van der Waals surface area contributed by atoms with Crippen molar-refractivity contribution in [3.63, 3.8) is 0 Å². The van der Waals surface area contributed by atoms with Crippen LogP contribution >= 0.6 is 0 Å². The highest BCUT2D eigenvalue weighted by molar-refractivity contribution is 5.94. The van der Waals surface area contributed by atoms with Crippen LogP contribution < -0.4 is 24.6 Å². The monoisotopic (exact) mass is 368 g/mol. The second-order valence-corrected chi connectivity index (χ2v) is 7.05. The summed E-state index contributed by atoms with van der Waals surface area (Å²) in [5.41, 5.74) is 2.00. The number of piperazine rings is 1. The molecule has 2 N–H and O–H groups in total. The maximum absolute atomic E-state index is 12.7.